The fraction of sp³-hybridized carbons (Fsp3) is 0.0476. The van der Waals surface area contributed by atoms with Crippen LogP contribution in [0.2, 0.25) is 0 Å². The Kier molecular flexibility index (Phi) is 5.16. The van der Waals surface area contributed by atoms with Crippen LogP contribution in [0.3, 0.4) is 0 Å². The van der Waals surface area contributed by atoms with Crippen molar-refractivity contribution in [2.45, 2.75) is 6.92 Å². The fourth-order valence-corrected chi connectivity index (χ4v) is 2.07. The van der Waals surface area contributed by atoms with Gasteiger partial charge in [-0.15, -0.1) is 0 Å². The van der Waals surface area contributed by atoms with Gasteiger partial charge in [0.25, 0.3) is 0 Å². The molecule has 0 radical (unpaired) electrons. The van der Waals surface area contributed by atoms with E-state index in [1.165, 1.54) is 0 Å². The Morgan fingerprint density at radius 1 is 1.00 bits per heavy atom. The zero-order valence-corrected chi connectivity index (χ0v) is 12.8. The van der Waals surface area contributed by atoms with Crippen LogP contribution >= 0.6 is 0 Å². The molecule has 0 bridgehead atoms. The van der Waals surface area contributed by atoms with E-state index in [4.69, 9.17) is 0 Å². The molecular weight excluding hydrogens is 268 g/mol. The molecule has 1 heteroatoms. The lowest BCUT2D eigenvalue weighted by molar-refractivity contribution is 0.471. The van der Waals surface area contributed by atoms with Crippen LogP contribution in [0.25, 0.3) is 17.2 Å². The third-order valence-electron chi connectivity index (χ3n) is 3.38. The number of benzene rings is 2. The van der Waals surface area contributed by atoms with Crippen molar-refractivity contribution in [3.05, 3.63) is 96.6 Å². The maximum atomic E-state index is 9.59. The van der Waals surface area contributed by atoms with E-state index >= 15 is 0 Å². The van der Waals surface area contributed by atoms with E-state index in [1.54, 1.807) is 12.1 Å². The molecule has 0 aliphatic heterocycles. The summed E-state index contributed by atoms with van der Waals surface area (Å²) in [6.45, 7) is 9.48. The van der Waals surface area contributed by atoms with E-state index in [-0.39, 0.29) is 0 Å². The average Bonchev–Trinajstić information content (AvgIpc) is 2.54. The lowest BCUT2D eigenvalue weighted by atomic mass is 10.0. The molecule has 2 aromatic carbocycles. The predicted molar refractivity (Wildman–Crippen MR) is 95.8 cm³/mol. The van der Waals surface area contributed by atoms with Crippen molar-refractivity contribution >= 4 is 6.08 Å². The van der Waals surface area contributed by atoms with Crippen molar-refractivity contribution < 1.29 is 5.11 Å². The molecule has 0 aliphatic rings. The molecule has 0 aromatic heterocycles. The third kappa shape index (κ3) is 4.10. The van der Waals surface area contributed by atoms with Crippen LogP contribution in [0, 0.1) is 6.92 Å². The largest absolute Gasteiger partial charge is 0.508 e. The summed E-state index contributed by atoms with van der Waals surface area (Å²) < 4.78 is 0. The van der Waals surface area contributed by atoms with Crippen LogP contribution in [-0.2, 0) is 0 Å². The molecule has 0 saturated heterocycles. The molecule has 2 aromatic rings. The zero-order chi connectivity index (χ0) is 15.9. The molecule has 0 aliphatic carbocycles. The zero-order valence-electron chi connectivity index (χ0n) is 12.8. The van der Waals surface area contributed by atoms with E-state index < -0.39 is 0 Å². The number of aryl methyl sites for hydroxylation is 1. The number of phenols is 1. The highest BCUT2D eigenvalue weighted by Crippen LogP contribution is 2.25. The molecule has 0 amide bonds. The first-order chi connectivity index (χ1) is 10.6. The Hall–Kier alpha value is -2.80. The maximum Gasteiger partial charge on any atom is 0.118 e. The molecule has 1 N–H and O–H groups in total. The van der Waals surface area contributed by atoms with Gasteiger partial charge in [-0.05, 0) is 46.9 Å². The first kappa shape index (κ1) is 15.6. The monoisotopic (exact) mass is 288 g/mol. The second-order valence-corrected chi connectivity index (χ2v) is 5.13. The Balaban J connectivity index is 2.14. The Morgan fingerprint density at radius 2 is 1.68 bits per heavy atom. The van der Waals surface area contributed by atoms with Crippen LogP contribution in [0.4, 0.5) is 0 Å². The van der Waals surface area contributed by atoms with Crippen molar-refractivity contribution in [2.24, 2.45) is 0 Å². The number of aromatic hydroxyl groups is 1. The first-order valence-corrected chi connectivity index (χ1v) is 7.16. The highest BCUT2D eigenvalue weighted by atomic mass is 16.3. The number of hydrogen-bond donors (Lipinski definition) is 1. The molecule has 0 atom stereocenters. The molecule has 22 heavy (non-hydrogen) atoms. The van der Waals surface area contributed by atoms with Gasteiger partial charge in [0, 0.05) is 0 Å². The van der Waals surface area contributed by atoms with E-state index in [1.807, 2.05) is 43.4 Å². The second-order valence-electron chi connectivity index (χ2n) is 5.13. The van der Waals surface area contributed by atoms with E-state index in [9.17, 15) is 5.11 Å². The van der Waals surface area contributed by atoms with Crippen molar-refractivity contribution in [3.63, 3.8) is 0 Å². The summed E-state index contributed by atoms with van der Waals surface area (Å²) in [4.78, 5) is 0. The van der Waals surface area contributed by atoms with Gasteiger partial charge in [-0.2, -0.15) is 0 Å². The summed E-state index contributed by atoms with van der Waals surface area (Å²) in [6, 6.07) is 13.9. The van der Waals surface area contributed by atoms with Gasteiger partial charge < -0.3 is 5.11 Å². The van der Waals surface area contributed by atoms with Gasteiger partial charge in [0.2, 0.25) is 0 Å². The second kappa shape index (κ2) is 7.28. The Labute approximate surface area is 132 Å². The van der Waals surface area contributed by atoms with Gasteiger partial charge in [-0.25, -0.2) is 0 Å². The Morgan fingerprint density at radius 3 is 2.32 bits per heavy atom. The highest BCUT2D eigenvalue weighted by Gasteiger charge is 2.00. The molecule has 0 fully saturated rings. The van der Waals surface area contributed by atoms with Gasteiger partial charge >= 0.3 is 0 Å². The number of hydrogen-bond acceptors (Lipinski definition) is 1. The smallest absolute Gasteiger partial charge is 0.118 e. The predicted octanol–water partition coefficient (Wildman–Crippen LogP) is 5.68. The SMILES string of the molecule is C=C/C=C\C(=C)/C=C/c1ccc(-c2ccc(O)c(C)c2)cc1. The van der Waals surface area contributed by atoms with Crippen LogP contribution in [0.5, 0.6) is 5.75 Å². The van der Waals surface area contributed by atoms with Crippen molar-refractivity contribution in [1.29, 1.82) is 0 Å². The summed E-state index contributed by atoms with van der Waals surface area (Å²) in [5.74, 6) is 0.328. The maximum absolute atomic E-state index is 9.59. The van der Waals surface area contributed by atoms with Gasteiger partial charge in [-0.1, -0.05) is 73.9 Å². The topological polar surface area (TPSA) is 20.2 Å². The fourth-order valence-electron chi connectivity index (χ4n) is 2.07. The van der Waals surface area contributed by atoms with Gasteiger partial charge in [0.05, 0.1) is 0 Å². The summed E-state index contributed by atoms with van der Waals surface area (Å²) >= 11 is 0. The minimum absolute atomic E-state index is 0.328. The molecule has 0 heterocycles. The molecule has 0 unspecified atom stereocenters. The van der Waals surface area contributed by atoms with Gasteiger partial charge in [0.15, 0.2) is 0 Å². The van der Waals surface area contributed by atoms with Crippen LogP contribution in [0.15, 0.2) is 85.5 Å². The molecule has 110 valence electrons. The van der Waals surface area contributed by atoms with E-state index in [0.29, 0.717) is 5.75 Å². The number of rotatable bonds is 5. The Bertz CT molecular complexity index is 731. The summed E-state index contributed by atoms with van der Waals surface area (Å²) in [5, 5.41) is 9.59. The number of phenolic OH excluding ortho intramolecular Hbond substituents is 1. The first-order valence-electron chi connectivity index (χ1n) is 7.16. The molecule has 0 spiro atoms. The van der Waals surface area contributed by atoms with Crippen molar-refractivity contribution in [3.8, 4) is 16.9 Å². The summed E-state index contributed by atoms with van der Waals surface area (Å²) in [7, 11) is 0. The lowest BCUT2D eigenvalue weighted by Gasteiger charge is -2.05. The highest BCUT2D eigenvalue weighted by molar-refractivity contribution is 5.67. The standard InChI is InChI=1S/C21H20O/c1-4-5-6-16(2)7-8-18-9-11-19(12-10-18)20-13-14-21(22)17(3)15-20/h4-15,22H,1-2H2,3H3/b6-5-,8-7+. The van der Waals surface area contributed by atoms with Crippen LogP contribution < -0.4 is 0 Å². The summed E-state index contributed by atoms with van der Waals surface area (Å²) in [6.07, 6.45) is 9.51. The van der Waals surface area contributed by atoms with E-state index in [2.05, 4.69) is 37.4 Å². The summed E-state index contributed by atoms with van der Waals surface area (Å²) in [5.41, 5.74) is 5.16. The van der Waals surface area contributed by atoms with E-state index in [0.717, 1.165) is 27.8 Å². The molecule has 2 rings (SSSR count). The molecular formula is C21H20O. The molecule has 0 saturated carbocycles. The quantitative estimate of drug-likeness (QED) is 0.702. The van der Waals surface area contributed by atoms with Crippen LogP contribution in [-0.4, -0.2) is 5.11 Å². The third-order valence-corrected chi connectivity index (χ3v) is 3.38. The van der Waals surface area contributed by atoms with Crippen LogP contribution in [0.1, 0.15) is 11.1 Å². The number of allylic oxidation sites excluding steroid dienone is 5. The van der Waals surface area contributed by atoms with Crippen molar-refractivity contribution in [2.75, 3.05) is 0 Å². The molecule has 1 nitrogen and oxygen atoms in total. The minimum Gasteiger partial charge on any atom is -0.508 e. The average molecular weight is 288 g/mol. The lowest BCUT2D eigenvalue weighted by Crippen LogP contribution is -1.81. The normalized spacial score (nSPS) is 11.1. The minimum atomic E-state index is 0.328. The van der Waals surface area contributed by atoms with Gasteiger partial charge in [0.1, 0.15) is 5.75 Å². The van der Waals surface area contributed by atoms with Crippen molar-refractivity contribution in [1.82, 2.24) is 0 Å². The van der Waals surface area contributed by atoms with Gasteiger partial charge in [-0.3, -0.25) is 0 Å².